The minimum Gasteiger partial charge on any atom is -0.358 e. The minimum atomic E-state index is -3.53. The van der Waals surface area contributed by atoms with Crippen molar-refractivity contribution >= 4 is 38.2 Å². The largest absolute Gasteiger partial charge is 0.358 e. The van der Waals surface area contributed by atoms with Gasteiger partial charge < -0.3 is 9.88 Å². The fourth-order valence-electron chi connectivity index (χ4n) is 4.65. The lowest BCUT2D eigenvalue weighted by Gasteiger charge is -2.35. The predicted octanol–water partition coefficient (Wildman–Crippen LogP) is 3.52. The zero-order valence-corrected chi connectivity index (χ0v) is 18.6. The highest BCUT2D eigenvalue weighted by Gasteiger charge is 2.36. The van der Waals surface area contributed by atoms with Gasteiger partial charge in [-0.1, -0.05) is 18.2 Å². The van der Waals surface area contributed by atoms with Crippen LogP contribution in [0.25, 0.3) is 10.9 Å². The molecule has 1 saturated heterocycles. The Morgan fingerprint density at radius 2 is 2.00 bits per heavy atom. The molecule has 0 unspecified atom stereocenters. The summed E-state index contributed by atoms with van der Waals surface area (Å²) in [5.41, 5.74) is 3.51. The normalized spacial score (nSPS) is 20.4. The molecule has 3 aromatic rings. The van der Waals surface area contributed by atoms with Gasteiger partial charge in [0.05, 0.1) is 5.92 Å². The molecule has 1 aromatic carbocycles. The first-order valence-corrected chi connectivity index (χ1v) is 12.6. The van der Waals surface area contributed by atoms with Gasteiger partial charge in [0.1, 0.15) is 4.21 Å². The van der Waals surface area contributed by atoms with E-state index in [9.17, 15) is 13.2 Å². The van der Waals surface area contributed by atoms with Crippen molar-refractivity contribution in [1.29, 1.82) is 0 Å². The molecule has 1 fully saturated rings. The van der Waals surface area contributed by atoms with Gasteiger partial charge in [-0.15, -0.1) is 11.3 Å². The van der Waals surface area contributed by atoms with E-state index in [1.807, 2.05) is 30.0 Å². The number of benzene rings is 1. The Morgan fingerprint density at radius 1 is 1.17 bits per heavy atom. The highest BCUT2D eigenvalue weighted by molar-refractivity contribution is 7.91. The molecule has 158 valence electrons. The molecule has 0 spiro atoms. The van der Waals surface area contributed by atoms with Gasteiger partial charge in [-0.3, -0.25) is 4.79 Å². The van der Waals surface area contributed by atoms with Crippen molar-refractivity contribution in [2.45, 2.75) is 36.9 Å². The maximum Gasteiger partial charge on any atom is 0.252 e. The summed E-state index contributed by atoms with van der Waals surface area (Å²) in [6, 6.07) is 11.7. The molecule has 0 bridgehead atoms. The molecule has 4 heterocycles. The topological polar surface area (TPSA) is 73.5 Å². The maximum absolute atomic E-state index is 13.3. The van der Waals surface area contributed by atoms with E-state index in [-0.39, 0.29) is 18.4 Å². The standard InChI is InChI=1S/C22H25N3O3S2/c1-15-8-9-21(29-15)30(27,28)25-11-4-5-16(13-25)22(26)24-12-10-20-18(14-24)17-6-2-3-7-19(17)23-20/h2-3,6-9,16,23H,4-5,10-14H2,1H3/t16-/m0/s1. The van der Waals surface area contributed by atoms with E-state index in [0.717, 1.165) is 23.2 Å². The van der Waals surface area contributed by atoms with Crippen LogP contribution in [0, 0.1) is 12.8 Å². The third kappa shape index (κ3) is 3.36. The number of thiophene rings is 1. The van der Waals surface area contributed by atoms with Crippen molar-refractivity contribution in [1.82, 2.24) is 14.2 Å². The third-order valence-electron chi connectivity index (χ3n) is 6.24. The van der Waals surface area contributed by atoms with E-state index in [0.29, 0.717) is 30.3 Å². The number of carbonyl (C=O) groups is 1. The number of sulfonamides is 1. The summed E-state index contributed by atoms with van der Waals surface area (Å²) in [7, 11) is -3.53. The fourth-order valence-corrected chi connectivity index (χ4v) is 7.61. The van der Waals surface area contributed by atoms with Gasteiger partial charge in [-0.05, 0) is 38.0 Å². The van der Waals surface area contributed by atoms with Crippen LogP contribution in [0.3, 0.4) is 0 Å². The summed E-state index contributed by atoms with van der Waals surface area (Å²) in [4.78, 5) is 19.7. The van der Waals surface area contributed by atoms with E-state index < -0.39 is 10.0 Å². The van der Waals surface area contributed by atoms with Crippen molar-refractivity contribution in [3.63, 3.8) is 0 Å². The van der Waals surface area contributed by atoms with Crippen molar-refractivity contribution in [3.8, 4) is 0 Å². The number of aryl methyl sites for hydroxylation is 1. The molecule has 6 nitrogen and oxygen atoms in total. The van der Waals surface area contributed by atoms with Crippen LogP contribution in [0.5, 0.6) is 0 Å². The second kappa shape index (κ2) is 7.51. The average Bonchev–Trinajstić information content (AvgIpc) is 3.37. The van der Waals surface area contributed by atoms with E-state index in [1.54, 1.807) is 6.07 Å². The Balaban J connectivity index is 1.34. The molecule has 2 aliphatic heterocycles. The van der Waals surface area contributed by atoms with E-state index in [4.69, 9.17) is 0 Å². The van der Waals surface area contributed by atoms with Crippen molar-refractivity contribution < 1.29 is 13.2 Å². The number of nitrogens with zero attached hydrogens (tertiary/aromatic N) is 2. The summed E-state index contributed by atoms with van der Waals surface area (Å²) in [5.74, 6) is -0.200. The number of hydrogen-bond acceptors (Lipinski definition) is 4. The smallest absolute Gasteiger partial charge is 0.252 e. The van der Waals surface area contributed by atoms with E-state index >= 15 is 0 Å². The van der Waals surface area contributed by atoms with Crippen LogP contribution < -0.4 is 0 Å². The number of H-pyrrole nitrogens is 1. The van der Waals surface area contributed by atoms with Crippen molar-refractivity contribution in [2.75, 3.05) is 19.6 Å². The first-order chi connectivity index (χ1) is 14.4. The molecule has 8 heteroatoms. The summed E-state index contributed by atoms with van der Waals surface area (Å²) in [5, 5.41) is 1.17. The Bertz CT molecular complexity index is 1210. The molecular weight excluding hydrogens is 418 g/mol. The van der Waals surface area contributed by atoms with Crippen molar-refractivity contribution in [3.05, 3.63) is 52.5 Å². The molecule has 1 atom stereocenters. The fraction of sp³-hybridized carbons (Fsp3) is 0.409. The van der Waals surface area contributed by atoms with Gasteiger partial charge in [0, 0.05) is 59.6 Å². The van der Waals surface area contributed by atoms with Gasteiger partial charge in [-0.25, -0.2) is 8.42 Å². The second-order valence-electron chi connectivity index (χ2n) is 8.20. The number of piperidine rings is 1. The van der Waals surface area contributed by atoms with Crippen LogP contribution in [0.2, 0.25) is 0 Å². The molecule has 0 radical (unpaired) electrons. The Kier molecular flexibility index (Phi) is 4.95. The maximum atomic E-state index is 13.3. The van der Waals surface area contributed by atoms with Crippen molar-refractivity contribution in [2.24, 2.45) is 5.92 Å². The summed E-state index contributed by atoms with van der Waals surface area (Å²) >= 11 is 1.29. The number of fused-ring (bicyclic) bond motifs is 3. The quantitative estimate of drug-likeness (QED) is 0.673. The number of nitrogens with one attached hydrogen (secondary N) is 1. The lowest BCUT2D eigenvalue weighted by atomic mass is 9.96. The minimum absolute atomic E-state index is 0.0770. The Hall–Kier alpha value is -2.16. The lowest BCUT2D eigenvalue weighted by Crippen LogP contribution is -2.47. The monoisotopic (exact) mass is 443 g/mol. The molecule has 2 aliphatic rings. The van der Waals surface area contributed by atoms with E-state index in [1.165, 1.54) is 32.3 Å². The van der Waals surface area contributed by atoms with Crippen LogP contribution in [-0.2, 0) is 27.8 Å². The summed E-state index contributed by atoms with van der Waals surface area (Å²) in [6.45, 7) is 3.92. The molecule has 2 aromatic heterocycles. The first kappa shape index (κ1) is 19.8. The predicted molar refractivity (Wildman–Crippen MR) is 118 cm³/mol. The zero-order valence-electron chi connectivity index (χ0n) is 16.9. The molecule has 1 amide bonds. The van der Waals surface area contributed by atoms with Crippen LogP contribution in [-0.4, -0.2) is 48.1 Å². The van der Waals surface area contributed by atoms with Gasteiger partial charge in [0.15, 0.2) is 0 Å². The number of amides is 1. The van der Waals surface area contributed by atoms with Gasteiger partial charge in [0.25, 0.3) is 10.0 Å². The van der Waals surface area contributed by atoms with Gasteiger partial charge in [0.2, 0.25) is 5.91 Å². The number of carbonyl (C=O) groups excluding carboxylic acids is 1. The van der Waals surface area contributed by atoms with Gasteiger partial charge >= 0.3 is 0 Å². The van der Waals surface area contributed by atoms with Gasteiger partial charge in [-0.2, -0.15) is 4.31 Å². The summed E-state index contributed by atoms with van der Waals surface area (Å²) in [6.07, 6.45) is 2.26. The highest BCUT2D eigenvalue weighted by atomic mass is 32.2. The Labute approximate surface area is 180 Å². The highest BCUT2D eigenvalue weighted by Crippen LogP contribution is 2.31. The number of aromatic nitrogens is 1. The number of hydrogen-bond donors (Lipinski definition) is 1. The number of aromatic amines is 1. The molecule has 1 N–H and O–H groups in total. The molecule has 0 aliphatic carbocycles. The first-order valence-electron chi connectivity index (χ1n) is 10.4. The molecular formula is C22H25N3O3S2. The van der Waals surface area contributed by atoms with Crippen LogP contribution in [0.1, 0.15) is 29.0 Å². The second-order valence-corrected chi connectivity index (χ2v) is 11.7. The van der Waals surface area contributed by atoms with Crippen LogP contribution >= 0.6 is 11.3 Å². The lowest BCUT2D eigenvalue weighted by molar-refractivity contribution is -0.137. The number of rotatable bonds is 3. The van der Waals surface area contributed by atoms with Crippen LogP contribution in [0.4, 0.5) is 0 Å². The summed E-state index contributed by atoms with van der Waals surface area (Å²) < 4.78 is 27.9. The molecule has 30 heavy (non-hydrogen) atoms. The number of para-hydroxylation sites is 1. The zero-order chi connectivity index (χ0) is 20.9. The SMILES string of the molecule is Cc1ccc(S(=O)(=O)N2CCC[C@H](C(=O)N3CCc4[nH]c5ccccc5c4C3)C2)s1. The van der Waals surface area contributed by atoms with E-state index in [2.05, 4.69) is 17.1 Å². The average molecular weight is 444 g/mol. The Morgan fingerprint density at radius 3 is 2.80 bits per heavy atom. The third-order valence-corrected chi connectivity index (χ3v) is 9.57. The molecule has 5 rings (SSSR count). The molecule has 0 saturated carbocycles. The van der Waals surface area contributed by atoms with Crippen LogP contribution in [0.15, 0.2) is 40.6 Å².